The molecule has 0 aromatic heterocycles. The first-order valence-electron chi connectivity index (χ1n) is 4.93. The minimum atomic E-state index is -3.53. The molecule has 1 aliphatic heterocycles. The van der Waals surface area contributed by atoms with Crippen LogP contribution in [0, 0.1) is 5.92 Å². The largest absolute Gasteiger partial charge is 0.386 e. The molecular formula is C9H14F2O3. The molecule has 2 unspecified atom stereocenters. The molecule has 1 aliphatic carbocycles. The van der Waals surface area contributed by atoms with E-state index in [2.05, 4.69) is 0 Å². The number of fused-ring (bicyclic) bond motifs is 1. The van der Waals surface area contributed by atoms with Gasteiger partial charge < -0.3 is 14.9 Å². The van der Waals surface area contributed by atoms with Gasteiger partial charge in [-0.25, -0.2) is 0 Å². The number of halogens is 2. The van der Waals surface area contributed by atoms with Crippen LogP contribution in [0.3, 0.4) is 0 Å². The predicted molar refractivity (Wildman–Crippen MR) is 43.8 cm³/mol. The molecule has 2 N–H and O–H groups in total. The van der Waals surface area contributed by atoms with Crippen molar-refractivity contribution in [1.29, 1.82) is 0 Å². The molecule has 0 bridgehead atoms. The van der Waals surface area contributed by atoms with Gasteiger partial charge in [0.2, 0.25) is 6.29 Å². The standard InChI is InChI=1S/C9H14F2O3/c10-9(11)7(12)5-3-1-2-4-6(5)14-8(9)13/h5-8,12-13H,1-4H2/t5?,6?,7-,8+/m1/s1. The number of aliphatic hydroxyl groups excluding tert-OH is 2. The minimum Gasteiger partial charge on any atom is -0.386 e. The van der Waals surface area contributed by atoms with Crippen LogP contribution in [-0.2, 0) is 4.74 Å². The predicted octanol–water partition coefficient (Wildman–Crippen LogP) is 0.890. The normalized spacial score (nSPS) is 47.1. The Morgan fingerprint density at radius 1 is 1.14 bits per heavy atom. The third kappa shape index (κ3) is 1.43. The van der Waals surface area contributed by atoms with Crippen LogP contribution in [0.1, 0.15) is 25.7 Å². The fourth-order valence-corrected chi connectivity index (χ4v) is 2.34. The Bertz CT molecular complexity index is 222. The van der Waals surface area contributed by atoms with Crippen molar-refractivity contribution in [3.63, 3.8) is 0 Å². The summed E-state index contributed by atoms with van der Waals surface area (Å²) in [4.78, 5) is 0. The lowest BCUT2D eigenvalue weighted by atomic mass is 9.78. The van der Waals surface area contributed by atoms with Crippen LogP contribution in [0.5, 0.6) is 0 Å². The van der Waals surface area contributed by atoms with Gasteiger partial charge in [0, 0.05) is 5.92 Å². The second kappa shape index (κ2) is 3.40. The van der Waals surface area contributed by atoms with E-state index in [-0.39, 0.29) is 0 Å². The number of alkyl halides is 2. The fourth-order valence-electron chi connectivity index (χ4n) is 2.34. The highest BCUT2D eigenvalue weighted by molar-refractivity contribution is 4.95. The molecule has 1 saturated carbocycles. The lowest BCUT2D eigenvalue weighted by molar-refractivity contribution is -0.338. The Hall–Kier alpha value is -0.260. The highest BCUT2D eigenvalue weighted by atomic mass is 19.3. The Morgan fingerprint density at radius 2 is 1.79 bits per heavy atom. The van der Waals surface area contributed by atoms with Gasteiger partial charge in [-0.15, -0.1) is 0 Å². The third-order valence-corrected chi connectivity index (χ3v) is 3.19. The number of rotatable bonds is 0. The van der Waals surface area contributed by atoms with E-state index in [1.165, 1.54) is 0 Å². The first kappa shape index (κ1) is 10.3. The molecule has 1 heterocycles. The zero-order valence-corrected chi connectivity index (χ0v) is 7.70. The maximum absolute atomic E-state index is 13.1. The van der Waals surface area contributed by atoms with Crippen molar-refractivity contribution in [2.75, 3.05) is 0 Å². The van der Waals surface area contributed by atoms with Crippen LogP contribution in [0.25, 0.3) is 0 Å². The van der Waals surface area contributed by atoms with E-state index in [4.69, 9.17) is 9.84 Å². The van der Waals surface area contributed by atoms with Gasteiger partial charge >= 0.3 is 5.92 Å². The van der Waals surface area contributed by atoms with Crippen molar-refractivity contribution in [2.24, 2.45) is 5.92 Å². The summed E-state index contributed by atoms with van der Waals surface area (Å²) >= 11 is 0. The molecule has 5 heteroatoms. The summed E-state index contributed by atoms with van der Waals surface area (Å²) in [6.07, 6.45) is -1.38. The van der Waals surface area contributed by atoms with Gasteiger partial charge in [-0.1, -0.05) is 12.8 Å². The van der Waals surface area contributed by atoms with Crippen molar-refractivity contribution in [1.82, 2.24) is 0 Å². The molecular weight excluding hydrogens is 194 g/mol. The van der Waals surface area contributed by atoms with Gasteiger partial charge in [-0.3, -0.25) is 0 Å². The van der Waals surface area contributed by atoms with Crippen molar-refractivity contribution in [2.45, 2.75) is 50.1 Å². The lowest BCUT2D eigenvalue weighted by Gasteiger charge is -2.44. The van der Waals surface area contributed by atoms with Gasteiger partial charge in [-0.05, 0) is 12.8 Å². The highest BCUT2D eigenvalue weighted by Crippen LogP contribution is 2.42. The summed E-state index contributed by atoms with van der Waals surface area (Å²) in [5.74, 6) is -4.06. The van der Waals surface area contributed by atoms with Crippen LogP contribution in [0.4, 0.5) is 8.78 Å². The first-order valence-corrected chi connectivity index (χ1v) is 4.93. The van der Waals surface area contributed by atoms with Gasteiger partial charge in [-0.2, -0.15) is 8.78 Å². The fraction of sp³-hybridized carbons (Fsp3) is 1.00. The molecule has 1 saturated heterocycles. The van der Waals surface area contributed by atoms with Crippen molar-refractivity contribution in [3.05, 3.63) is 0 Å². The maximum atomic E-state index is 13.1. The summed E-state index contributed by atoms with van der Waals surface area (Å²) in [5.41, 5.74) is 0. The quantitative estimate of drug-likeness (QED) is 0.621. The molecule has 0 radical (unpaired) electrons. The van der Waals surface area contributed by atoms with E-state index in [0.29, 0.717) is 12.8 Å². The summed E-state index contributed by atoms with van der Waals surface area (Å²) in [6.45, 7) is 0. The lowest BCUT2D eigenvalue weighted by Crippen LogP contribution is -2.59. The van der Waals surface area contributed by atoms with E-state index in [9.17, 15) is 13.9 Å². The van der Waals surface area contributed by atoms with Crippen LogP contribution in [-0.4, -0.2) is 34.6 Å². The van der Waals surface area contributed by atoms with Gasteiger partial charge in [0.25, 0.3) is 0 Å². The van der Waals surface area contributed by atoms with Gasteiger partial charge in [0.1, 0.15) is 6.10 Å². The number of hydrogen-bond acceptors (Lipinski definition) is 3. The molecule has 2 fully saturated rings. The summed E-state index contributed by atoms with van der Waals surface area (Å²) in [6, 6.07) is 0. The van der Waals surface area contributed by atoms with Crippen LogP contribution >= 0.6 is 0 Å². The first-order chi connectivity index (χ1) is 6.53. The topological polar surface area (TPSA) is 49.7 Å². The summed E-state index contributed by atoms with van der Waals surface area (Å²) < 4.78 is 31.1. The zero-order valence-electron chi connectivity index (χ0n) is 7.70. The average Bonchev–Trinajstić information content (AvgIpc) is 2.15. The minimum absolute atomic E-state index is 0.409. The summed E-state index contributed by atoms with van der Waals surface area (Å²) in [7, 11) is 0. The molecule has 0 aromatic rings. The number of ether oxygens (including phenoxy) is 1. The molecule has 3 nitrogen and oxygen atoms in total. The molecule has 2 aliphatic rings. The molecule has 0 amide bonds. The number of aliphatic hydroxyl groups is 2. The van der Waals surface area contributed by atoms with Crippen molar-refractivity contribution < 1.29 is 23.7 Å². The third-order valence-electron chi connectivity index (χ3n) is 3.19. The van der Waals surface area contributed by atoms with Crippen LogP contribution < -0.4 is 0 Å². The smallest absolute Gasteiger partial charge is 0.323 e. The van der Waals surface area contributed by atoms with E-state index in [1.807, 2.05) is 0 Å². The monoisotopic (exact) mass is 208 g/mol. The van der Waals surface area contributed by atoms with E-state index in [1.54, 1.807) is 0 Å². The highest BCUT2D eigenvalue weighted by Gasteiger charge is 2.57. The SMILES string of the molecule is O[C@@H]1C2CCCCC2O[C@H](O)C1(F)F. The molecule has 4 atom stereocenters. The Labute approximate surface area is 80.7 Å². The van der Waals surface area contributed by atoms with E-state index in [0.717, 1.165) is 12.8 Å². The number of hydrogen-bond donors (Lipinski definition) is 2. The van der Waals surface area contributed by atoms with Crippen LogP contribution in [0.15, 0.2) is 0 Å². The molecule has 0 spiro atoms. The second-order valence-electron chi connectivity index (χ2n) is 4.09. The summed E-state index contributed by atoms with van der Waals surface area (Å²) in [5, 5.41) is 18.4. The van der Waals surface area contributed by atoms with E-state index >= 15 is 0 Å². The molecule has 2 rings (SSSR count). The van der Waals surface area contributed by atoms with Gasteiger partial charge in [0.15, 0.2) is 0 Å². The van der Waals surface area contributed by atoms with E-state index < -0.39 is 30.3 Å². The molecule has 0 aromatic carbocycles. The molecule has 82 valence electrons. The van der Waals surface area contributed by atoms with Crippen LogP contribution in [0.2, 0.25) is 0 Å². The Morgan fingerprint density at radius 3 is 2.50 bits per heavy atom. The zero-order chi connectivity index (χ0) is 10.3. The Balaban J connectivity index is 2.16. The average molecular weight is 208 g/mol. The Kier molecular flexibility index (Phi) is 2.49. The van der Waals surface area contributed by atoms with Gasteiger partial charge in [0.05, 0.1) is 6.10 Å². The molecule has 14 heavy (non-hydrogen) atoms. The van der Waals surface area contributed by atoms with Crippen molar-refractivity contribution in [3.8, 4) is 0 Å². The maximum Gasteiger partial charge on any atom is 0.323 e. The van der Waals surface area contributed by atoms with Crippen molar-refractivity contribution >= 4 is 0 Å². The second-order valence-corrected chi connectivity index (χ2v) is 4.09.